The summed E-state index contributed by atoms with van der Waals surface area (Å²) in [6.07, 6.45) is 8.20. The number of phenolic OH excluding ortho intramolecular Hbond substituents is 2. The van der Waals surface area contributed by atoms with Crippen LogP contribution in [0.15, 0.2) is 24.3 Å². The van der Waals surface area contributed by atoms with Gasteiger partial charge >= 0.3 is 0 Å². The predicted octanol–water partition coefficient (Wildman–Crippen LogP) is 9.92. The Hall–Kier alpha value is -1.96. The molecular formula is C35H56O2. The molecule has 2 rings (SSSR count). The molecule has 0 radical (unpaired) electrons. The van der Waals surface area contributed by atoms with Gasteiger partial charge in [0.15, 0.2) is 0 Å². The van der Waals surface area contributed by atoms with Crippen LogP contribution in [-0.4, -0.2) is 10.2 Å². The summed E-state index contributed by atoms with van der Waals surface area (Å²) < 4.78 is 0. The lowest BCUT2D eigenvalue weighted by molar-refractivity contribution is 0.412. The minimum absolute atomic E-state index is 0.00933. The van der Waals surface area contributed by atoms with Crippen molar-refractivity contribution in [2.24, 2.45) is 5.92 Å². The van der Waals surface area contributed by atoms with Gasteiger partial charge in [-0.1, -0.05) is 126 Å². The second-order valence-corrected chi connectivity index (χ2v) is 14.4. The normalized spacial score (nSPS) is 13.7. The summed E-state index contributed by atoms with van der Waals surface area (Å²) in [6, 6.07) is 8.91. The monoisotopic (exact) mass is 508 g/mol. The zero-order valence-electron chi connectivity index (χ0n) is 25.9. The highest BCUT2D eigenvalue weighted by Gasteiger charge is 2.27. The molecule has 0 spiro atoms. The summed E-state index contributed by atoms with van der Waals surface area (Å²) in [5.74, 6) is 1.30. The average molecular weight is 509 g/mol. The van der Waals surface area contributed by atoms with Crippen molar-refractivity contribution < 1.29 is 10.2 Å². The van der Waals surface area contributed by atoms with E-state index in [0.29, 0.717) is 17.4 Å². The van der Waals surface area contributed by atoms with E-state index in [1.54, 1.807) is 0 Å². The Morgan fingerprint density at radius 3 is 1.54 bits per heavy atom. The van der Waals surface area contributed by atoms with Crippen molar-refractivity contribution >= 4 is 0 Å². The second-order valence-electron chi connectivity index (χ2n) is 14.4. The van der Waals surface area contributed by atoms with Gasteiger partial charge in [-0.15, -0.1) is 0 Å². The standard InChI is InChI=1S/C35H56O2/c1-12-14-15-17-25-20-28(33(3,4)5)21-26(31(25)36)18-24(16-13-2)19-27-22-29(34(6,7)8)23-30(32(27)37)35(9,10)11/h20-24,36-37H,12-19H2,1-11H3. The third-order valence-electron chi connectivity index (χ3n) is 7.76. The van der Waals surface area contributed by atoms with Crippen LogP contribution < -0.4 is 0 Å². The molecule has 0 aliphatic heterocycles. The smallest absolute Gasteiger partial charge is 0.122 e. The van der Waals surface area contributed by atoms with Gasteiger partial charge in [-0.25, -0.2) is 0 Å². The molecule has 0 saturated carbocycles. The van der Waals surface area contributed by atoms with Crippen LogP contribution in [0.2, 0.25) is 0 Å². The maximum absolute atomic E-state index is 11.4. The average Bonchev–Trinajstić information content (AvgIpc) is 2.75. The summed E-state index contributed by atoms with van der Waals surface area (Å²) in [4.78, 5) is 0. The Morgan fingerprint density at radius 2 is 1.08 bits per heavy atom. The summed E-state index contributed by atoms with van der Waals surface area (Å²) in [5, 5.41) is 22.8. The van der Waals surface area contributed by atoms with E-state index in [9.17, 15) is 10.2 Å². The van der Waals surface area contributed by atoms with Crippen LogP contribution in [0.5, 0.6) is 11.5 Å². The molecule has 0 bridgehead atoms. The molecule has 0 amide bonds. The van der Waals surface area contributed by atoms with E-state index in [2.05, 4.69) is 100 Å². The number of hydrogen-bond acceptors (Lipinski definition) is 2. The van der Waals surface area contributed by atoms with Gasteiger partial charge in [0.1, 0.15) is 11.5 Å². The van der Waals surface area contributed by atoms with Crippen LogP contribution in [0.1, 0.15) is 142 Å². The van der Waals surface area contributed by atoms with Gasteiger partial charge in [0.25, 0.3) is 0 Å². The molecule has 0 aliphatic rings. The van der Waals surface area contributed by atoms with E-state index in [1.807, 2.05) is 0 Å². The van der Waals surface area contributed by atoms with Crippen LogP contribution in [0, 0.1) is 5.92 Å². The van der Waals surface area contributed by atoms with E-state index in [4.69, 9.17) is 0 Å². The largest absolute Gasteiger partial charge is 0.507 e. The van der Waals surface area contributed by atoms with Gasteiger partial charge in [0.2, 0.25) is 0 Å². The molecule has 1 unspecified atom stereocenters. The molecule has 2 aromatic carbocycles. The number of unbranched alkanes of at least 4 members (excludes halogenated alkanes) is 2. The van der Waals surface area contributed by atoms with Crippen LogP contribution in [-0.2, 0) is 35.5 Å². The van der Waals surface area contributed by atoms with Gasteiger partial charge in [0.05, 0.1) is 0 Å². The Labute approximate surface area is 228 Å². The minimum atomic E-state index is -0.132. The molecule has 0 aliphatic carbocycles. The molecular weight excluding hydrogens is 452 g/mol. The fraction of sp³-hybridized carbons (Fsp3) is 0.657. The van der Waals surface area contributed by atoms with Gasteiger partial charge in [0, 0.05) is 0 Å². The fourth-order valence-corrected chi connectivity index (χ4v) is 5.27. The summed E-state index contributed by atoms with van der Waals surface area (Å²) in [5.41, 5.74) is 6.72. The summed E-state index contributed by atoms with van der Waals surface area (Å²) in [6.45, 7) is 24.5. The lowest BCUT2D eigenvalue weighted by Crippen LogP contribution is -2.19. The first-order valence-electron chi connectivity index (χ1n) is 14.7. The Bertz CT molecular complexity index is 1030. The highest BCUT2D eigenvalue weighted by molar-refractivity contribution is 5.50. The highest BCUT2D eigenvalue weighted by Crippen LogP contribution is 2.40. The molecule has 2 N–H and O–H groups in total. The van der Waals surface area contributed by atoms with Crippen molar-refractivity contribution in [3.63, 3.8) is 0 Å². The van der Waals surface area contributed by atoms with Gasteiger partial charge in [-0.2, -0.15) is 0 Å². The first-order valence-corrected chi connectivity index (χ1v) is 14.7. The fourth-order valence-electron chi connectivity index (χ4n) is 5.27. The molecule has 208 valence electrons. The zero-order valence-corrected chi connectivity index (χ0v) is 25.9. The van der Waals surface area contributed by atoms with Crippen molar-refractivity contribution in [2.75, 3.05) is 0 Å². The number of phenols is 2. The maximum atomic E-state index is 11.4. The molecule has 0 fully saturated rings. The van der Waals surface area contributed by atoms with E-state index >= 15 is 0 Å². The molecule has 0 heterocycles. The van der Waals surface area contributed by atoms with Crippen LogP contribution in [0.4, 0.5) is 0 Å². The molecule has 2 heteroatoms. The minimum Gasteiger partial charge on any atom is -0.507 e. The number of hydrogen-bond donors (Lipinski definition) is 2. The molecule has 1 atom stereocenters. The highest BCUT2D eigenvalue weighted by atomic mass is 16.3. The number of aryl methyl sites for hydroxylation is 1. The lowest BCUT2D eigenvalue weighted by atomic mass is 9.77. The van der Waals surface area contributed by atoms with Crippen LogP contribution in [0.3, 0.4) is 0 Å². The van der Waals surface area contributed by atoms with E-state index in [0.717, 1.165) is 60.8 Å². The second kappa shape index (κ2) is 12.3. The Morgan fingerprint density at radius 1 is 0.595 bits per heavy atom. The molecule has 2 aromatic rings. The first-order chi connectivity index (χ1) is 17.0. The summed E-state index contributed by atoms with van der Waals surface area (Å²) >= 11 is 0. The van der Waals surface area contributed by atoms with Crippen molar-refractivity contribution in [1.29, 1.82) is 0 Å². The summed E-state index contributed by atoms with van der Waals surface area (Å²) in [7, 11) is 0. The zero-order chi connectivity index (χ0) is 28.2. The topological polar surface area (TPSA) is 40.5 Å². The Kier molecular flexibility index (Phi) is 10.4. The molecule has 2 nitrogen and oxygen atoms in total. The van der Waals surface area contributed by atoms with Crippen molar-refractivity contribution in [1.82, 2.24) is 0 Å². The van der Waals surface area contributed by atoms with Crippen LogP contribution in [0.25, 0.3) is 0 Å². The maximum Gasteiger partial charge on any atom is 0.122 e. The van der Waals surface area contributed by atoms with Crippen molar-refractivity contribution in [3.8, 4) is 11.5 Å². The van der Waals surface area contributed by atoms with E-state index in [1.165, 1.54) is 24.0 Å². The van der Waals surface area contributed by atoms with E-state index < -0.39 is 0 Å². The van der Waals surface area contributed by atoms with Gasteiger partial charge in [-0.05, 0) is 81.2 Å². The van der Waals surface area contributed by atoms with Crippen LogP contribution >= 0.6 is 0 Å². The lowest BCUT2D eigenvalue weighted by Gasteiger charge is -2.29. The number of benzene rings is 2. The Balaban J connectivity index is 2.53. The van der Waals surface area contributed by atoms with Crippen molar-refractivity contribution in [2.45, 2.75) is 144 Å². The molecule has 0 saturated heterocycles. The third kappa shape index (κ3) is 8.52. The quantitative estimate of drug-likeness (QED) is 0.313. The van der Waals surface area contributed by atoms with Gasteiger partial charge < -0.3 is 10.2 Å². The van der Waals surface area contributed by atoms with E-state index in [-0.39, 0.29) is 16.2 Å². The number of rotatable bonds is 10. The van der Waals surface area contributed by atoms with Gasteiger partial charge in [-0.3, -0.25) is 0 Å². The third-order valence-corrected chi connectivity index (χ3v) is 7.76. The first kappa shape index (κ1) is 31.3. The number of aromatic hydroxyl groups is 2. The van der Waals surface area contributed by atoms with Crippen molar-refractivity contribution in [3.05, 3.63) is 57.6 Å². The predicted molar refractivity (Wildman–Crippen MR) is 161 cm³/mol. The molecule has 0 aromatic heterocycles. The SMILES string of the molecule is CCCCCc1cc(C(C)(C)C)cc(CC(CCC)Cc2cc(C(C)(C)C)cc(C(C)(C)C)c2O)c1O. The molecule has 37 heavy (non-hydrogen) atoms.